The van der Waals surface area contributed by atoms with Crippen molar-refractivity contribution in [3.63, 3.8) is 0 Å². The van der Waals surface area contributed by atoms with E-state index >= 15 is 0 Å². The topological polar surface area (TPSA) is 47.3 Å². The molecule has 250 valence electrons. The number of nitrogens with one attached hydrogen (secondary N) is 1. The molecular formula is C42H52FeN2O2. The Bertz CT molecular complexity index is 1310. The van der Waals surface area contributed by atoms with E-state index in [2.05, 4.69) is 90.6 Å². The Morgan fingerprint density at radius 2 is 1.36 bits per heavy atom. The first-order valence-corrected chi connectivity index (χ1v) is 16.7. The van der Waals surface area contributed by atoms with E-state index in [0.29, 0.717) is 17.7 Å². The minimum absolute atomic E-state index is 0. The summed E-state index contributed by atoms with van der Waals surface area (Å²) in [4.78, 5) is 0. The Hall–Kier alpha value is -2.49. The maximum atomic E-state index is 12.6. The van der Waals surface area contributed by atoms with Crippen LogP contribution in [0.2, 0.25) is 0 Å². The Morgan fingerprint density at radius 1 is 0.809 bits per heavy atom. The van der Waals surface area contributed by atoms with Crippen LogP contribution >= 0.6 is 0 Å². The molecule has 0 spiro atoms. The number of benzene rings is 2. The number of rotatable bonds is 4. The summed E-state index contributed by atoms with van der Waals surface area (Å²) in [7, 11) is 0. The van der Waals surface area contributed by atoms with Crippen LogP contribution in [-0.2, 0) is 22.5 Å². The van der Waals surface area contributed by atoms with Crippen molar-refractivity contribution < 1.29 is 31.5 Å². The number of ether oxygens (including phenoxy) is 1. The average molecular weight is 673 g/mol. The van der Waals surface area contributed by atoms with Gasteiger partial charge in [0.25, 0.3) is 0 Å². The van der Waals surface area contributed by atoms with Gasteiger partial charge >= 0.3 is 0 Å². The summed E-state index contributed by atoms with van der Waals surface area (Å²) in [6, 6.07) is 18.7. The van der Waals surface area contributed by atoms with E-state index in [4.69, 9.17) is 4.74 Å². The molecule has 0 amide bonds. The van der Waals surface area contributed by atoms with Crippen LogP contribution < -0.4 is 15.2 Å². The molecule has 4 nitrogen and oxygen atoms in total. The molecule has 47 heavy (non-hydrogen) atoms. The fraction of sp³-hybridized carbons (Fsp3) is 0.357. The van der Waals surface area contributed by atoms with Crippen molar-refractivity contribution >= 4 is 11.3 Å². The van der Waals surface area contributed by atoms with Crippen LogP contribution in [0.15, 0.2) is 72.8 Å². The molecule has 2 heterocycles. The molecule has 2 saturated carbocycles. The zero-order chi connectivity index (χ0) is 33.4. The van der Waals surface area contributed by atoms with Crippen LogP contribution in [0.3, 0.4) is 0 Å². The van der Waals surface area contributed by atoms with Gasteiger partial charge in [0.05, 0.1) is 12.0 Å². The summed E-state index contributed by atoms with van der Waals surface area (Å²) < 4.78 is 8.19. The molecule has 3 fully saturated rings. The fourth-order valence-corrected chi connectivity index (χ4v) is 6.15. The van der Waals surface area contributed by atoms with Crippen molar-refractivity contribution in [1.82, 2.24) is 5.32 Å². The van der Waals surface area contributed by atoms with Crippen LogP contribution in [0.4, 0.5) is 0 Å². The summed E-state index contributed by atoms with van der Waals surface area (Å²) in [6.45, 7) is 21.7. The Morgan fingerprint density at radius 3 is 1.91 bits per heavy atom. The number of hydrogen-bond acceptors (Lipinski definition) is 3. The number of para-hydroxylation sites is 1. The Labute approximate surface area is 297 Å². The second kappa shape index (κ2) is 17.8. The first-order valence-electron chi connectivity index (χ1n) is 16.7. The van der Waals surface area contributed by atoms with Gasteiger partial charge in [0.15, 0.2) is 5.71 Å². The zero-order valence-corrected chi connectivity index (χ0v) is 30.8. The maximum Gasteiger partial charge on any atom is 0.187 e. The minimum atomic E-state index is -0.273. The first-order chi connectivity index (χ1) is 21.9. The third kappa shape index (κ3) is 9.79. The van der Waals surface area contributed by atoms with Crippen molar-refractivity contribution in [2.45, 2.75) is 87.0 Å². The molecule has 0 aromatic heterocycles. The van der Waals surface area contributed by atoms with Crippen molar-refractivity contribution in [2.24, 2.45) is 0 Å². The van der Waals surface area contributed by atoms with Crippen molar-refractivity contribution in [2.75, 3.05) is 13.1 Å². The third-order valence-electron chi connectivity index (χ3n) is 9.45. The van der Waals surface area contributed by atoms with E-state index < -0.39 is 0 Å². The smallest absolute Gasteiger partial charge is 0.187 e. The average Bonchev–Trinajstić information content (AvgIpc) is 3.80. The van der Waals surface area contributed by atoms with Gasteiger partial charge in [0, 0.05) is 47.9 Å². The van der Waals surface area contributed by atoms with Gasteiger partial charge in [-0.25, -0.2) is 4.58 Å². The predicted octanol–water partition coefficient (Wildman–Crippen LogP) is 8.56. The van der Waals surface area contributed by atoms with Gasteiger partial charge < -0.3 is 15.2 Å². The number of hydrogen-bond donors (Lipinski definition) is 1. The van der Waals surface area contributed by atoms with Gasteiger partial charge in [-0.05, 0) is 83.5 Å². The van der Waals surface area contributed by atoms with E-state index in [1.54, 1.807) is 0 Å². The summed E-state index contributed by atoms with van der Waals surface area (Å²) in [6.07, 6.45) is 14.0. The molecule has 0 unspecified atom stereocenters. The van der Waals surface area contributed by atoms with Crippen LogP contribution in [0.1, 0.15) is 92.7 Å². The maximum absolute atomic E-state index is 12.6. The largest absolute Gasteiger partial charge is 0.579 e. The fourth-order valence-electron chi connectivity index (χ4n) is 6.15. The zero-order valence-electron chi connectivity index (χ0n) is 29.7. The monoisotopic (exact) mass is 672 g/mol. The number of allylic oxidation sites excluding steroid dienone is 2. The van der Waals surface area contributed by atoms with Gasteiger partial charge in [-0.3, -0.25) is 0 Å². The first kappa shape index (κ1) is 39.0. The Balaban J connectivity index is 0.000000205. The van der Waals surface area contributed by atoms with E-state index in [-0.39, 0.29) is 28.4 Å². The molecule has 2 aliphatic heterocycles. The van der Waals surface area contributed by atoms with Crippen molar-refractivity contribution in [1.29, 1.82) is 0 Å². The predicted molar refractivity (Wildman–Crippen MR) is 190 cm³/mol. The van der Waals surface area contributed by atoms with Crippen LogP contribution in [0, 0.1) is 60.8 Å². The molecule has 4 aliphatic rings. The standard InChI is InChI=1S/C20H24O2.C12H14N2.C10H15.Fe/c1-5-16(15-11-7-6-8-12-15)19(21)22-18-14-10-9-13-17(18)20(2,3)4;1-2-9-14(8-1)12-6-7-13-11-5-3-4-10(11)12;1-6-7(2)9(4)10(5)8(6)3;/h6-14,21H,5H2,1-4H3;3-7,13H,1-2,8-9H2;1-5H3;/q;+1;;/p-1/b19-16+;;;. The molecular weight excluding hydrogens is 620 g/mol. The number of nitrogens with zero attached hydrogens (tertiary/aromatic N) is 1. The molecule has 6 rings (SSSR count). The molecule has 1 saturated heterocycles. The minimum Gasteiger partial charge on any atom is -0.579 e. The normalized spacial score (nSPS) is 20.4. The third-order valence-corrected chi connectivity index (χ3v) is 9.45. The second-order valence-electron chi connectivity index (χ2n) is 13.4. The molecule has 0 atom stereocenters. The molecule has 10 radical (unpaired) electrons. The van der Waals surface area contributed by atoms with Crippen molar-refractivity contribution in [3.05, 3.63) is 145 Å². The molecule has 2 aromatic carbocycles. The van der Waals surface area contributed by atoms with E-state index in [1.807, 2.05) is 67.7 Å². The second-order valence-corrected chi connectivity index (χ2v) is 13.4. The van der Waals surface area contributed by atoms with Crippen LogP contribution in [-0.4, -0.2) is 23.4 Å². The molecule has 2 aliphatic carbocycles. The quantitative estimate of drug-likeness (QED) is 0.201. The van der Waals surface area contributed by atoms with Crippen LogP contribution in [0.5, 0.6) is 5.75 Å². The summed E-state index contributed by atoms with van der Waals surface area (Å²) >= 11 is 0. The van der Waals surface area contributed by atoms with Gasteiger partial charge in [-0.2, -0.15) is 0 Å². The molecule has 1 N–H and O–H groups in total. The summed E-state index contributed by atoms with van der Waals surface area (Å²) in [5, 5.41) is 15.8. The van der Waals surface area contributed by atoms with Crippen LogP contribution in [0.25, 0.3) is 5.57 Å². The summed E-state index contributed by atoms with van der Waals surface area (Å²) in [5.41, 5.74) is 3.97. The molecule has 5 heteroatoms. The van der Waals surface area contributed by atoms with E-state index in [0.717, 1.165) is 11.1 Å². The van der Waals surface area contributed by atoms with Gasteiger partial charge in [-0.15, -0.1) is 0 Å². The van der Waals surface area contributed by atoms with Crippen molar-refractivity contribution in [3.8, 4) is 5.75 Å². The molecule has 2 aromatic rings. The van der Waals surface area contributed by atoms with Gasteiger partial charge in [0.1, 0.15) is 19.0 Å². The van der Waals surface area contributed by atoms with E-state index in [1.165, 1.54) is 73.2 Å². The Kier molecular flexibility index (Phi) is 14.7. The SMILES string of the molecule is CC/C(=C(/[O-])Oc1ccccc1C(C)(C)C)c1ccccc1.C[C]1[C](C)[C](C)[C](C)[C]1C.[CH]1[CH][C]2NC=CC(=[N+]3CCCC3)[C]2[CH]1.[Fe]. The number of fused-ring (bicyclic) bond motifs is 1. The van der Waals surface area contributed by atoms with E-state index in [9.17, 15) is 5.11 Å². The van der Waals surface area contributed by atoms with Gasteiger partial charge in [-0.1, -0.05) is 111 Å². The molecule has 0 bridgehead atoms. The van der Waals surface area contributed by atoms with Gasteiger partial charge in [0.2, 0.25) is 0 Å². The summed E-state index contributed by atoms with van der Waals surface area (Å²) in [5.74, 6) is 9.06.